The van der Waals surface area contributed by atoms with Gasteiger partial charge in [-0.3, -0.25) is 4.79 Å². The highest BCUT2D eigenvalue weighted by Crippen LogP contribution is 2.23. The van der Waals surface area contributed by atoms with Crippen molar-refractivity contribution in [3.63, 3.8) is 0 Å². The Morgan fingerprint density at radius 2 is 2.11 bits per heavy atom. The molecule has 8 heteroatoms. The molecule has 1 aromatic heterocycles. The lowest BCUT2D eigenvalue weighted by Crippen LogP contribution is -2.45. The number of esters is 1. The number of hydrogen-bond donors (Lipinski definition) is 1. The lowest BCUT2D eigenvalue weighted by Gasteiger charge is -2.19. The molecule has 0 unspecified atom stereocenters. The number of ether oxygens (including phenoxy) is 3. The lowest BCUT2D eigenvalue weighted by atomic mass is 10.0. The van der Waals surface area contributed by atoms with Crippen molar-refractivity contribution >= 4 is 22.8 Å². The standard InChI is InChI=1S/C19H21NO7/c1-24-13-3-4-14-12(8-17(21)27-16(14)9-13)7-15(19(23)25-2)20-18(22)11-5-6-26-10-11/h3-4,8-9,11,15H,5-7,10H2,1-2H3,(H,20,22)/t11-,15-/m0/s1. The number of nitrogens with one attached hydrogen (secondary N) is 1. The Kier molecular flexibility index (Phi) is 5.75. The van der Waals surface area contributed by atoms with Crippen molar-refractivity contribution in [1.82, 2.24) is 5.32 Å². The van der Waals surface area contributed by atoms with Crippen molar-refractivity contribution in [2.24, 2.45) is 5.92 Å². The van der Waals surface area contributed by atoms with Crippen LogP contribution in [0.5, 0.6) is 5.75 Å². The molecule has 2 heterocycles. The van der Waals surface area contributed by atoms with E-state index < -0.39 is 17.6 Å². The topological polar surface area (TPSA) is 104 Å². The van der Waals surface area contributed by atoms with Gasteiger partial charge in [0, 0.05) is 30.5 Å². The monoisotopic (exact) mass is 375 g/mol. The Balaban J connectivity index is 1.89. The highest BCUT2D eigenvalue weighted by molar-refractivity contribution is 5.87. The van der Waals surface area contributed by atoms with Gasteiger partial charge in [0.2, 0.25) is 5.91 Å². The molecular formula is C19H21NO7. The molecular weight excluding hydrogens is 354 g/mol. The number of benzene rings is 1. The second-order valence-corrected chi connectivity index (χ2v) is 6.30. The normalized spacial score (nSPS) is 17.5. The summed E-state index contributed by atoms with van der Waals surface area (Å²) < 4.78 is 20.4. The molecule has 1 aliphatic heterocycles. The highest BCUT2D eigenvalue weighted by atomic mass is 16.5. The van der Waals surface area contributed by atoms with Crippen LogP contribution in [0.25, 0.3) is 11.0 Å². The minimum atomic E-state index is -0.921. The van der Waals surface area contributed by atoms with Gasteiger partial charge in [0.05, 0.1) is 26.7 Å². The number of carbonyl (C=O) groups excluding carboxylic acids is 2. The molecule has 0 saturated carbocycles. The number of fused-ring (bicyclic) bond motifs is 1. The average Bonchev–Trinajstić information content (AvgIpc) is 3.21. The summed E-state index contributed by atoms with van der Waals surface area (Å²) in [7, 11) is 2.77. The van der Waals surface area contributed by atoms with Gasteiger partial charge in [0.1, 0.15) is 17.4 Å². The van der Waals surface area contributed by atoms with Crippen LogP contribution in [0, 0.1) is 5.92 Å². The van der Waals surface area contributed by atoms with E-state index in [0.29, 0.717) is 41.9 Å². The summed E-state index contributed by atoms with van der Waals surface area (Å²) in [6.45, 7) is 0.852. The maximum atomic E-state index is 12.4. The third kappa shape index (κ3) is 4.28. The van der Waals surface area contributed by atoms with Gasteiger partial charge in [-0.25, -0.2) is 9.59 Å². The fraction of sp³-hybridized carbons (Fsp3) is 0.421. The molecule has 1 saturated heterocycles. The minimum absolute atomic E-state index is 0.0976. The zero-order chi connectivity index (χ0) is 19.4. The van der Waals surface area contributed by atoms with Crippen molar-refractivity contribution in [2.45, 2.75) is 18.9 Å². The van der Waals surface area contributed by atoms with Gasteiger partial charge in [-0.2, -0.15) is 0 Å². The Bertz CT molecular complexity index is 899. The van der Waals surface area contributed by atoms with E-state index in [1.54, 1.807) is 18.2 Å². The van der Waals surface area contributed by atoms with Crippen LogP contribution < -0.4 is 15.7 Å². The van der Waals surface area contributed by atoms with Crippen LogP contribution in [0.15, 0.2) is 33.5 Å². The molecule has 1 aliphatic rings. The third-order valence-corrected chi connectivity index (χ3v) is 4.56. The van der Waals surface area contributed by atoms with Crippen LogP contribution in [0.3, 0.4) is 0 Å². The first-order chi connectivity index (χ1) is 13.0. The molecule has 2 aromatic rings. The van der Waals surface area contributed by atoms with E-state index in [1.165, 1.54) is 20.3 Å². The largest absolute Gasteiger partial charge is 0.497 e. The molecule has 0 bridgehead atoms. The fourth-order valence-corrected chi connectivity index (χ4v) is 3.09. The number of hydrogen-bond acceptors (Lipinski definition) is 7. The Labute approximate surface area is 155 Å². The van der Waals surface area contributed by atoms with E-state index in [4.69, 9.17) is 18.6 Å². The van der Waals surface area contributed by atoms with Crippen molar-refractivity contribution in [1.29, 1.82) is 0 Å². The van der Waals surface area contributed by atoms with Crippen molar-refractivity contribution in [3.8, 4) is 5.75 Å². The molecule has 1 amide bonds. The molecule has 8 nitrogen and oxygen atoms in total. The van der Waals surface area contributed by atoms with E-state index in [9.17, 15) is 14.4 Å². The summed E-state index contributed by atoms with van der Waals surface area (Å²) in [4.78, 5) is 36.5. The molecule has 144 valence electrons. The summed E-state index contributed by atoms with van der Waals surface area (Å²) in [5, 5.41) is 3.37. The molecule has 0 spiro atoms. The van der Waals surface area contributed by atoms with E-state index in [2.05, 4.69) is 5.32 Å². The van der Waals surface area contributed by atoms with Crippen molar-refractivity contribution in [3.05, 3.63) is 40.2 Å². The summed E-state index contributed by atoms with van der Waals surface area (Å²) >= 11 is 0. The molecule has 1 fully saturated rings. The molecule has 27 heavy (non-hydrogen) atoms. The summed E-state index contributed by atoms with van der Waals surface area (Å²) in [6.07, 6.45) is 0.706. The minimum Gasteiger partial charge on any atom is -0.497 e. The summed E-state index contributed by atoms with van der Waals surface area (Å²) in [5.74, 6) is -0.602. The Morgan fingerprint density at radius 3 is 2.78 bits per heavy atom. The number of methoxy groups -OCH3 is 2. The zero-order valence-corrected chi connectivity index (χ0v) is 15.2. The second-order valence-electron chi connectivity index (χ2n) is 6.30. The van der Waals surface area contributed by atoms with Gasteiger partial charge in [-0.05, 0) is 24.1 Å². The first kappa shape index (κ1) is 18.9. The van der Waals surface area contributed by atoms with Crippen LogP contribution in [-0.2, 0) is 25.5 Å². The van der Waals surface area contributed by atoms with Crippen LogP contribution >= 0.6 is 0 Å². The molecule has 0 radical (unpaired) electrons. The van der Waals surface area contributed by atoms with Gasteiger partial charge < -0.3 is 23.9 Å². The fourth-order valence-electron chi connectivity index (χ4n) is 3.09. The summed E-state index contributed by atoms with van der Waals surface area (Å²) in [5.41, 5.74) is 0.364. The summed E-state index contributed by atoms with van der Waals surface area (Å²) in [6, 6.07) is 5.47. The van der Waals surface area contributed by atoms with Gasteiger partial charge in [0.15, 0.2) is 0 Å². The molecule has 3 rings (SSSR count). The zero-order valence-electron chi connectivity index (χ0n) is 15.2. The lowest BCUT2D eigenvalue weighted by molar-refractivity contribution is -0.145. The highest BCUT2D eigenvalue weighted by Gasteiger charge is 2.29. The van der Waals surface area contributed by atoms with Gasteiger partial charge in [0.25, 0.3) is 0 Å². The first-order valence-corrected chi connectivity index (χ1v) is 8.58. The van der Waals surface area contributed by atoms with Crippen LogP contribution in [0.2, 0.25) is 0 Å². The molecule has 2 atom stereocenters. The Hall–Kier alpha value is -2.87. The smallest absolute Gasteiger partial charge is 0.336 e. The number of amides is 1. The average molecular weight is 375 g/mol. The second kappa shape index (κ2) is 8.22. The van der Waals surface area contributed by atoms with Crippen LogP contribution in [0.4, 0.5) is 0 Å². The molecule has 0 aliphatic carbocycles. The van der Waals surface area contributed by atoms with E-state index in [-0.39, 0.29) is 18.2 Å². The Morgan fingerprint density at radius 1 is 1.30 bits per heavy atom. The predicted octanol–water partition coefficient (Wildman–Crippen LogP) is 1.04. The quantitative estimate of drug-likeness (QED) is 0.594. The van der Waals surface area contributed by atoms with E-state index in [1.807, 2.05) is 0 Å². The van der Waals surface area contributed by atoms with E-state index >= 15 is 0 Å². The number of rotatable bonds is 6. The van der Waals surface area contributed by atoms with Crippen LogP contribution in [0.1, 0.15) is 12.0 Å². The van der Waals surface area contributed by atoms with Crippen molar-refractivity contribution in [2.75, 3.05) is 27.4 Å². The number of carbonyl (C=O) groups is 2. The van der Waals surface area contributed by atoms with Gasteiger partial charge >= 0.3 is 11.6 Å². The third-order valence-electron chi connectivity index (χ3n) is 4.56. The predicted molar refractivity (Wildman–Crippen MR) is 95.6 cm³/mol. The molecule has 1 N–H and O–H groups in total. The van der Waals surface area contributed by atoms with Crippen LogP contribution in [-0.4, -0.2) is 45.4 Å². The maximum absolute atomic E-state index is 12.4. The van der Waals surface area contributed by atoms with E-state index in [0.717, 1.165) is 0 Å². The SMILES string of the molecule is COC(=O)[C@H](Cc1cc(=O)oc2cc(OC)ccc12)NC(=O)[C@H]1CCOC1. The molecule has 1 aromatic carbocycles. The maximum Gasteiger partial charge on any atom is 0.336 e. The first-order valence-electron chi connectivity index (χ1n) is 8.58. The van der Waals surface area contributed by atoms with Gasteiger partial charge in [-0.1, -0.05) is 0 Å². The van der Waals surface area contributed by atoms with Gasteiger partial charge in [-0.15, -0.1) is 0 Å². The van der Waals surface area contributed by atoms with Crippen molar-refractivity contribution < 1.29 is 28.2 Å².